The molecule has 0 fully saturated rings. The Hall–Kier alpha value is -1.02. The predicted molar refractivity (Wildman–Crippen MR) is 46.3 cm³/mol. The average molecular weight is 207 g/mol. The third-order valence-corrected chi connectivity index (χ3v) is 1.89. The summed E-state index contributed by atoms with van der Waals surface area (Å²) in [7, 11) is 0. The van der Waals surface area contributed by atoms with Gasteiger partial charge in [-0.3, -0.25) is 4.79 Å². The Kier molecular flexibility index (Phi) is 4.14. The van der Waals surface area contributed by atoms with Gasteiger partial charge in [-0.1, -0.05) is 0 Å². The predicted octanol–water partition coefficient (Wildman–Crippen LogP) is 1.64. The van der Waals surface area contributed by atoms with Crippen molar-refractivity contribution in [3.05, 3.63) is 0 Å². The Morgan fingerprint density at radius 3 is 2.36 bits per heavy atom. The monoisotopic (exact) mass is 207 g/mol. The molecule has 0 spiro atoms. The number of hydrogen-bond donors (Lipinski definition) is 1. The van der Waals surface area contributed by atoms with Crippen LogP contribution in [0.3, 0.4) is 0 Å². The summed E-state index contributed by atoms with van der Waals surface area (Å²) < 4.78 is 36.6. The fourth-order valence-corrected chi connectivity index (χ4v) is 0.769. The molecule has 0 rings (SSSR count). The van der Waals surface area contributed by atoms with Gasteiger partial charge in [0.15, 0.2) is 11.3 Å². The van der Waals surface area contributed by atoms with Gasteiger partial charge in [-0.25, -0.2) is 0 Å². The van der Waals surface area contributed by atoms with E-state index in [9.17, 15) is 18.0 Å². The number of unbranched alkanes of at least 4 members (excludes halogenated alkanes) is 1. The lowest BCUT2D eigenvalue weighted by Gasteiger charge is -2.25. The third-order valence-electron chi connectivity index (χ3n) is 1.89. The summed E-state index contributed by atoms with van der Waals surface area (Å²) in [5.41, 5.74) is 2.13. The number of carbonyl (C=O) groups is 1. The zero-order valence-electron chi connectivity index (χ0n) is 7.82. The summed E-state index contributed by atoms with van der Waals surface area (Å²) in [4.78, 5) is 11.1. The van der Waals surface area contributed by atoms with Gasteiger partial charge in [0.1, 0.15) is 0 Å². The summed E-state index contributed by atoms with van der Waals surface area (Å²) in [5, 5.41) is 0. The molecule has 2 N–H and O–H groups in total. The van der Waals surface area contributed by atoms with Crippen LogP contribution in [0.5, 0.6) is 0 Å². The molecule has 1 atom stereocenters. The largest absolute Gasteiger partial charge is 0.413 e. The van der Waals surface area contributed by atoms with Gasteiger partial charge in [0, 0.05) is 12.8 Å². The summed E-state index contributed by atoms with van der Waals surface area (Å²) in [6, 6.07) is 0. The molecule has 0 bridgehead atoms. The average Bonchev–Trinajstić information content (AvgIpc) is 2.02. The first-order chi connectivity index (χ1) is 6.23. The highest BCUT2D eigenvalue weighted by Gasteiger charge is 2.52. The van der Waals surface area contributed by atoms with Gasteiger partial charge >= 0.3 is 6.18 Å². The zero-order chi connectivity index (χ0) is 11.4. The smallest absolute Gasteiger partial charge is 0.312 e. The van der Waals surface area contributed by atoms with Gasteiger partial charge in [0.2, 0.25) is 0 Å². The Balaban J connectivity index is 4.32. The van der Waals surface area contributed by atoms with Crippen LogP contribution in [-0.2, 0) is 4.79 Å². The van der Waals surface area contributed by atoms with Gasteiger partial charge in [-0.2, -0.15) is 13.2 Å². The number of Topliss-reactive ketones (excluding diaryl/α,β-unsaturated/α-hetero) is 1. The van der Waals surface area contributed by atoms with E-state index in [0.29, 0.717) is 6.92 Å². The summed E-state index contributed by atoms with van der Waals surface area (Å²) in [6.45, 7) is 0.672. The molecule has 14 heavy (non-hydrogen) atoms. The molecular weight excluding hydrogens is 195 g/mol. The highest BCUT2D eigenvalue weighted by atomic mass is 19.4. The van der Waals surface area contributed by atoms with E-state index in [1.165, 1.54) is 0 Å². The molecule has 0 aliphatic rings. The molecule has 0 aromatic carbocycles. The maximum absolute atomic E-state index is 12.2. The minimum Gasteiger partial charge on any atom is -0.312 e. The van der Waals surface area contributed by atoms with Crippen LogP contribution in [0, 0.1) is 12.3 Å². The molecule has 0 aliphatic carbocycles. The first-order valence-corrected chi connectivity index (χ1v) is 4.06. The van der Waals surface area contributed by atoms with Gasteiger partial charge in [0.05, 0.1) is 0 Å². The van der Waals surface area contributed by atoms with Crippen LogP contribution >= 0.6 is 0 Å². The van der Waals surface area contributed by atoms with Crippen molar-refractivity contribution in [1.82, 2.24) is 0 Å². The summed E-state index contributed by atoms with van der Waals surface area (Å²) in [5.74, 6) is 1.21. The first-order valence-electron chi connectivity index (χ1n) is 4.06. The number of carbonyl (C=O) groups excluding carboxylic acids is 1. The van der Waals surface area contributed by atoms with Crippen LogP contribution < -0.4 is 5.73 Å². The van der Waals surface area contributed by atoms with Crippen molar-refractivity contribution in [3.63, 3.8) is 0 Å². The molecule has 0 aliphatic heterocycles. The van der Waals surface area contributed by atoms with Crippen LogP contribution in [0.25, 0.3) is 0 Å². The molecule has 5 heteroatoms. The molecule has 0 saturated carbocycles. The Labute approximate surface area is 80.7 Å². The molecule has 80 valence electrons. The number of nitrogens with two attached hydrogens (primary N) is 1. The van der Waals surface area contributed by atoms with Crippen molar-refractivity contribution < 1.29 is 18.0 Å². The van der Waals surface area contributed by atoms with Crippen LogP contribution in [0.2, 0.25) is 0 Å². The van der Waals surface area contributed by atoms with Gasteiger partial charge in [-0.15, -0.1) is 12.3 Å². The van der Waals surface area contributed by atoms with Crippen molar-refractivity contribution >= 4 is 5.78 Å². The second-order valence-electron chi connectivity index (χ2n) is 3.18. The third kappa shape index (κ3) is 3.04. The molecule has 0 amide bonds. The summed E-state index contributed by atoms with van der Waals surface area (Å²) >= 11 is 0. The lowest BCUT2D eigenvalue weighted by molar-refractivity contribution is -0.186. The van der Waals surface area contributed by atoms with E-state index >= 15 is 0 Å². The number of hydrogen-bond acceptors (Lipinski definition) is 2. The van der Waals surface area contributed by atoms with Crippen LogP contribution in [0.1, 0.15) is 26.2 Å². The van der Waals surface area contributed by atoms with Crippen LogP contribution in [-0.4, -0.2) is 17.5 Å². The quantitative estimate of drug-likeness (QED) is 0.562. The van der Waals surface area contributed by atoms with E-state index in [0.717, 1.165) is 0 Å². The molecular formula is C9H12F3NO. The van der Waals surface area contributed by atoms with E-state index in [4.69, 9.17) is 12.2 Å². The van der Waals surface area contributed by atoms with Crippen LogP contribution in [0.15, 0.2) is 0 Å². The normalized spacial score (nSPS) is 15.7. The first kappa shape index (κ1) is 13.0. The maximum atomic E-state index is 12.2. The highest BCUT2D eigenvalue weighted by molar-refractivity contribution is 5.88. The molecule has 2 nitrogen and oxygen atoms in total. The molecule has 0 saturated heterocycles. The van der Waals surface area contributed by atoms with Crippen molar-refractivity contribution in [2.75, 3.05) is 0 Å². The van der Waals surface area contributed by atoms with Gasteiger partial charge in [0.25, 0.3) is 0 Å². The Morgan fingerprint density at radius 2 is 2.00 bits per heavy atom. The fourth-order valence-electron chi connectivity index (χ4n) is 0.769. The summed E-state index contributed by atoms with van der Waals surface area (Å²) in [6.07, 6.45) is 0.459. The maximum Gasteiger partial charge on any atom is 0.413 e. The minimum absolute atomic E-state index is 0.234. The minimum atomic E-state index is -4.71. The van der Waals surface area contributed by atoms with E-state index in [-0.39, 0.29) is 19.3 Å². The lowest BCUT2D eigenvalue weighted by atomic mass is 9.93. The second kappa shape index (κ2) is 4.47. The SMILES string of the molecule is C#CCCCC(=O)C(C)(N)C(F)(F)F. The topological polar surface area (TPSA) is 43.1 Å². The van der Waals surface area contributed by atoms with E-state index in [1.54, 1.807) is 0 Å². The van der Waals surface area contributed by atoms with Crippen LogP contribution in [0.4, 0.5) is 13.2 Å². The van der Waals surface area contributed by atoms with E-state index in [1.807, 2.05) is 0 Å². The number of rotatable bonds is 4. The number of alkyl halides is 3. The number of halogens is 3. The fraction of sp³-hybridized carbons (Fsp3) is 0.667. The van der Waals surface area contributed by atoms with Crippen molar-refractivity contribution in [2.45, 2.75) is 37.9 Å². The highest BCUT2D eigenvalue weighted by Crippen LogP contribution is 2.29. The zero-order valence-corrected chi connectivity index (χ0v) is 7.82. The number of ketones is 1. The Bertz CT molecular complexity index is 250. The van der Waals surface area contributed by atoms with E-state index < -0.39 is 17.5 Å². The van der Waals surface area contributed by atoms with E-state index in [2.05, 4.69) is 5.92 Å². The molecule has 0 aromatic heterocycles. The molecule has 1 unspecified atom stereocenters. The standard InChI is InChI=1S/C9H12F3NO/c1-3-4-5-6-7(14)8(2,13)9(10,11)12/h1H,4-6,13H2,2H3. The Morgan fingerprint density at radius 1 is 1.50 bits per heavy atom. The molecule has 0 heterocycles. The molecule has 0 aromatic rings. The van der Waals surface area contributed by atoms with Crippen molar-refractivity contribution in [2.24, 2.45) is 5.73 Å². The number of terminal acetylenes is 1. The lowest BCUT2D eigenvalue weighted by Crippen LogP contribution is -2.57. The second-order valence-corrected chi connectivity index (χ2v) is 3.18. The van der Waals surface area contributed by atoms with Crippen molar-refractivity contribution in [1.29, 1.82) is 0 Å². The molecule has 0 radical (unpaired) electrons. The van der Waals surface area contributed by atoms with Gasteiger partial charge < -0.3 is 5.73 Å². The van der Waals surface area contributed by atoms with Crippen molar-refractivity contribution in [3.8, 4) is 12.3 Å². The van der Waals surface area contributed by atoms with Gasteiger partial charge in [-0.05, 0) is 13.3 Å².